The number of rotatable bonds is 4. The molecule has 3 nitrogen and oxygen atoms in total. The number of hydrogen-bond donors (Lipinski definition) is 1. The summed E-state index contributed by atoms with van der Waals surface area (Å²) in [6, 6.07) is 0.349. The summed E-state index contributed by atoms with van der Waals surface area (Å²) in [6.45, 7) is 2.84. The number of terminal acetylenes is 1. The zero-order valence-electron chi connectivity index (χ0n) is 8.12. The molecule has 0 amide bonds. The van der Waals surface area contributed by atoms with Gasteiger partial charge in [0.2, 0.25) is 0 Å². The second-order valence-electron chi connectivity index (χ2n) is 3.14. The first kappa shape index (κ1) is 9.82. The predicted octanol–water partition coefficient (Wildman–Crippen LogP) is 0.921. The Balaban J connectivity index is 2.36. The average Bonchev–Trinajstić information content (AvgIpc) is 2.48. The standard InChI is InChI=1S/C10H15N3/c1-4-5-9(2)12-8-10-11-6-7-13(10)3/h1,6-7,9,12H,5,8H2,2-3H3. The van der Waals surface area contributed by atoms with Crippen molar-refractivity contribution in [2.75, 3.05) is 0 Å². The van der Waals surface area contributed by atoms with Crippen molar-refractivity contribution in [2.45, 2.75) is 25.9 Å². The minimum Gasteiger partial charge on any atom is -0.337 e. The Bertz CT molecular complexity index is 295. The zero-order chi connectivity index (χ0) is 9.68. The summed E-state index contributed by atoms with van der Waals surface area (Å²) in [5.41, 5.74) is 0. The summed E-state index contributed by atoms with van der Waals surface area (Å²) < 4.78 is 2.00. The smallest absolute Gasteiger partial charge is 0.122 e. The van der Waals surface area contributed by atoms with Gasteiger partial charge in [-0.15, -0.1) is 12.3 Å². The van der Waals surface area contributed by atoms with Crippen LogP contribution in [0.1, 0.15) is 19.2 Å². The molecular weight excluding hydrogens is 162 g/mol. The Morgan fingerprint density at radius 1 is 1.77 bits per heavy atom. The van der Waals surface area contributed by atoms with Gasteiger partial charge in [0.05, 0.1) is 6.54 Å². The summed E-state index contributed by atoms with van der Waals surface area (Å²) in [7, 11) is 1.98. The van der Waals surface area contributed by atoms with Gasteiger partial charge in [-0.2, -0.15) is 0 Å². The molecule has 0 radical (unpaired) electrons. The molecule has 1 rings (SSSR count). The van der Waals surface area contributed by atoms with Crippen molar-refractivity contribution in [3.63, 3.8) is 0 Å². The van der Waals surface area contributed by atoms with E-state index in [1.807, 2.05) is 17.8 Å². The molecule has 0 aliphatic heterocycles. The van der Waals surface area contributed by atoms with E-state index in [0.717, 1.165) is 18.8 Å². The zero-order valence-corrected chi connectivity index (χ0v) is 8.12. The van der Waals surface area contributed by atoms with Crippen molar-refractivity contribution >= 4 is 0 Å². The van der Waals surface area contributed by atoms with Crippen molar-refractivity contribution in [2.24, 2.45) is 7.05 Å². The van der Waals surface area contributed by atoms with Crippen LogP contribution in [0, 0.1) is 12.3 Å². The molecular formula is C10H15N3. The topological polar surface area (TPSA) is 29.9 Å². The van der Waals surface area contributed by atoms with E-state index in [1.165, 1.54) is 0 Å². The fourth-order valence-electron chi connectivity index (χ4n) is 1.08. The summed E-state index contributed by atoms with van der Waals surface area (Å²) in [4.78, 5) is 4.20. The lowest BCUT2D eigenvalue weighted by atomic mass is 10.2. The Morgan fingerprint density at radius 2 is 2.54 bits per heavy atom. The van der Waals surface area contributed by atoms with Gasteiger partial charge in [0.15, 0.2) is 0 Å². The molecule has 0 aromatic carbocycles. The molecule has 1 aromatic rings. The van der Waals surface area contributed by atoms with E-state index in [2.05, 4.69) is 23.1 Å². The maximum absolute atomic E-state index is 5.20. The SMILES string of the molecule is C#CCC(C)NCc1nccn1C. The van der Waals surface area contributed by atoms with Gasteiger partial charge in [-0.3, -0.25) is 0 Å². The number of nitrogens with one attached hydrogen (secondary N) is 1. The maximum atomic E-state index is 5.20. The van der Waals surface area contributed by atoms with E-state index >= 15 is 0 Å². The van der Waals surface area contributed by atoms with Crippen molar-refractivity contribution in [3.05, 3.63) is 18.2 Å². The third-order valence-electron chi connectivity index (χ3n) is 1.95. The number of nitrogens with zero attached hydrogens (tertiary/aromatic N) is 2. The lowest BCUT2D eigenvalue weighted by molar-refractivity contribution is 0.537. The van der Waals surface area contributed by atoms with Crippen LogP contribution in [-0.2, 0) is 13.6 Å². The molecule has 13 heavy (non-hydrogen) atoms. The molecule has 0 aliphatic carbocycles. The van der Waals surface area contributed by atoms with Gasteiger partial charge in [0.25, 0.3) is 0 Å². The highest BCUT2D eigenvalue weighted by molar-refractivity contribution is 4.92. The first-order chi connectivity index (χ1) is 6.24. The highest BCUT2D eigenvalue weighted by Crippen LogP contribution is 1.95. The Kier molecular flexibility index (Phi) is 3.53. The molecule has 0 saturated heterocycles. The van der Waals surface area contributed by atoms with Gasteiger partial charge in [-0.25, -0.2) is 4.98 Å². The molecule has 1 unspecified atom stereocenters. The number of imidazole rings is 1. The normalized spacial score (nSPS) is 12.4. The molecule has 70 valence electrons. The molecule has 1 N–H and O–H groups in total. The molecule has 0 aliphatic rings. The highest BCUT2D eigenvalue weighted by Gasteiger charge is 2.01. The average molecular weight is 177 g/mol. The fraction of sp³-hybridized carbons (Fsp3) is 0.500. The Hall–Kier alpha value is -1.27. The van der Waals surface area contributed by atoms with E-state index in [4.69, 9.17) is 6.42 Å². The lowest BCUT2D eigenvalue weighted by Gasteiger charge is -2.09. The third kappa shape index (κ3) is 2.92. The monoisotopic (exact) mass is 177 g/mol. The Labute approximate surface area is 79.2 Å². The molecule has 0 saturated carbocycles. The molecule has 0 fully saturated rings. The van der Waals surface area contributed by atoms with Crippen LogP contribution in [0.5, 0.6) is 0 Å². The van der Waals surface area contributed by atoms with Gasteiger partial charge >= 0.3 is 0 Å². The van der Waals surface area contributed by atoms with E-state index < -0.39 is 0 Å². The molecule has 1 heterocycles. The van der Waals surface area contributed by atoms with Crippen LogP contribution < -0.4 is 5.32 Å². The van der Waals surface area contributed by atoms with Gasteiger partial charge in [-0.05, 0) is 6.92 Å². The lowest BCUT2D eigenvalue weighted by Crippen LogP contribution is -2.26. The highest BCUT2D eigenvalue weighted by atomic mass is 15.1. The number of aryl methyl sites for hydroxylation is 1. The molecule has 1 aromatic heterocycles. The van der Waals surface area contributed by atoms with Crippen molar-refractivity contribution in [1.82, 2.24) is 14.9 Å². The number of hydrogen-bond acceptors (Lipinski definition) is 2. The van der Waals surface area contributed by atoms with Crippen molar-refractivity contribution in [3.8, 4) is 12.3 Å². The fourth-order valence-corrected chi connectivity index (χ4v) is 1.08. The van der Waals surface area contributed by atoms with Crippen LogP contribution in [-0.4, -0.2) is 15.6 Å². The molecule has 0 bridgehead atoms. The van der Waals surface area contributed by atoms with E-state index in [-0.39, 0.29) is 0 Å². The van der Waals surface area contributed by atoms with Gasteiger partial charge in [0.1, 0.15) is 5.82 Å². The van der Waals surface area contributed by atoms with E-state index in [9.17, 15) is 0 Å². The van der Waals surface area contributed by atoms with Crippen molar-refractivity contribution < 1.29 is 0 Å². The van der Waals surface area contributed by atoms with Gasteiger partial charge < -0.3 is 9.88 Å². The van der Waals surface area contributed by atoms with E-state index in [0.29, 0.717) is 6.04 Å². The molecule has 3 heteroatoms. The summed E-state index contributed by atoms with van der Waals surface area (Å²) in [5.74, 6) is 3.65. The van der Waals surface area contributed by atoms with Crippen molar-refractivity contribution in [1.29, 1.82) is 0 Å². The maximum Gasteiger partial charge on any atom is 0.122 e. The van der Waals surface area contributed by atoms with Crippen LogP contribution >= 0.6 is 0 Å². The summed E-state index contributed by atoms with van der Waals surface area (Å²) in [5, 5.41) is 3.30. The molecule has 1 atom stereocenters. The molecule has 0 spiro atoms. The largest absolute Gasteiger partial charge is 0.337 e. The summed E-state index contributed by atoms with van der Waals surface area (Å²) in [6.07, 6.45) is 9.68. The first-order valence-corrected chi connectivity index (χ1v) is 4.37. The van der Waals surface area contributed by atoms with Gasteiger partial charge in [0, 0.05) is 31.9 Å². The predicted molar refractivity (Wildman–Crippen MR) is 53.0 cm³/mol. The van der Waals surface area contributed by atoms with Crippen LogP contribution in [0.2, 0.25) is 0 Å². The van der Waals surface area contributed by atoms with Crippen LogP contribution in [0.3, 0.4) is 0 Å². The minimum atomic E-state index is 0.349. The third-order valence-corrected chi connectivity index (χ3v) is 1.95. The van der Waals surface area contributed by atoms with Gasteiger partial charge in [-0.1, -0.05) is 0 Å². The minimum absolute atomic E-state index is 0.349. The van der Waals surface area contributed by atoms with Crippen LogP contribution in [0.15, 0.2) is 12.4 Å². The number of aromatic nitrogens is 2. The second kappa shape index (κ2) is 4.68. The first-order valence-electron chi connectivity index (χ1n) is 4.37. The van der Waals surface area contributed by atoms with Crippen LogP contribution in [0.25, 0.3) is 0 Å². The Morgan fingerprint density at radius 3 is 3.08 bits per heavy atom. The summed E-state index contributed by atoms with van der Waals surface area (Å²) >= 11 is 0. The van der Waals surface area contributed by atoms with E-state index in [1.54, 1.807) is 6.20 Å². The second-order valence-corrected chi connectivity index (χ2v) is 3.14. The van der Waals surface area contributed by atoms with Crippen LogP contribution in [0.4, 0.5) is 0 Å². The quantitative estimate of drug-likeness (QED) is 0.693.